The fourth-order valence-electron chi connectivity index (χ4n) is 13.3. The Bertz CT molecular complexity index is 3480. The van der Waals surface area contributed by atoms with Crippen molar-refractivity contribution in [1.82, 2.24) is 17.5 Å². The van der Waals surface area contributed by atoms with Gasteiger partial charge in [-0.15, -0.1) is 68.0 Å². The molecule has 2 unspecified atom stereocenters. The molecule has 4 nitrogen and oxygen atoms in total. The van der Waals surface area contributed by atoms with Gasteiger partial charge in [0.2, 0.25) is 0 Å². The van der Waals surface area contributed by atoms with Gasteiger partial charge in [-0.3, -0.25) is 0 Å². The normalized spacial score (nSPS) is 13.7. The third kappa shape index (κ3) is 12.9. The maximum absolute atomic E-state index is 5.32. The largest absolute Gasteiger partial charge is 0.172 e. The number of thiophene rings is 6. The second kappa shape index (κ2) is 28.6. The number of hydrogen-bond acceptors (Lipinski definition) is 12. The number of unbranched alkanes of at least 4 members (excludes halogenated alkanes) is 12. The number of fused-ring (bicyclic) bond motifs is 5. The van der Waals surface area contributed by atoms with Crippen molar-refractivity contribution < 1.29 is 0 Å². The second-order valence-electron chi connectivity index (χ2n) is 24.0. The zero-order valence-corrected chi connectivity index (χ0v) is 58.1. The summed E-state index contributed by atoms with van der Waals surface area (Å²) in [4.78, 5) is 17.0. The Morgan fingerprint density at radius 3 is 1.14 bits per heavy atom. The summed E-state index contributed by atoms with van der Waals surface area (Å²) in [5.41, 5.74) is 12.4. The van der Waals surface area contributed by atoms with E-state index in [2.05, 4.69) is 151 Å². The monoisotopic (exact) mass is 1270 g/mol. The Kier molecular flexibility index (Phi) is 21.0. The van der Waals surface area contributed by atoms with E-state index in [-0.39, 0.29) is 0 Å². The summed E-state index contributed by atoms with van der Waals surface area (Å²) < 4.78 is 21.0. The van der Waals surface area contributed by atoms with Gasteiger partial charge in [0.05, 0.1) is 23.5 Å². The quantitative estimate of drug-likeness (QED) is 0.0311. The van der Waals surface area contributed by atoms with Crippen molar-refractivity contribution >= 4 is 132 Å². The SMILES string of the molecule is CCCCCCc1ccc(-c2ccc(-c3cc(C(C)CCC)c(-c4cc5c(s4)-c4sc(-c6c(C(C)CCC)cc(-c7ccc(-c8ccc(CCCCCC)s8)s7)c7nsnc67)cc4[Si]5(CCCCCC)CCCCCC)c4nsnc34)s2)s1. The lowest BCUT2D eigenvalue weighted by Gasteiger charge is -2.29. The van der Waals surface area contributed by atoms with Crippen LogP contribution in [0.2, 0.25) is 12.1 Å². The number of aryl methyl sites for hydroxylation is 2. The topological polar surface area (TPSA) is 51.6 Å². The molecule has 0 bridgehead atoms. The zero-order chi connectivity index (χ0) is 57.5. The molecule has 11 rings (SSSR count). The minimum atomic E-state index is -2.27. The van der Waals surface area contributed by atoms with E-state index in [9.17, 15) is 0 Å². The molecule has 2 atom stereocenters. The average Bonchev–Trinajstić information content (AvgIpc) is 1.86. The van der Waals surface area contributed by atoms with Gasteiger partial charge in [-0.2, -0.15) is 17.5 Å². The molecular weight excluding hydrogens is 1180 g/mol. The Morgan fingerprint density at radius 2 is 0.735 bits per heavy atom. The lowest BCUT2D eigenvalue weighted by molar-refractivity contribution is 0.667. The first-order chi connectivity index (χ1) is 40.7. The number of hydrogen-bond donors (Lipinski definition) is 0. The van der Waals surface area contributed by atoms with Crippen molar-refractivity contribution in [2.24, 2.45) is 0 Å². The molecule has 1 aliphatic heterocycles. The lowest BCUT2D eigenvalue weighted by Crippen LogP contribution is -2.54. The minimum Gasteiger partial charge on any atom is -0.172 e. The van der Waals surface area contributed by atoms with Gasteiger partial charge in [-0.25, -0.2) is 0 Å². The molecule has 438 valence electrons. The fourth-order valence-corrected chi connectivity index (χ4v) is 28.4. The molecule has 0 saturated carbocycles. The van der Waals surface area contributed by atoms with E-state index in [4.69, 9.17) is 17.5 Å². The Labute approximate surface area is 530 Å². The van der Waals surface area contributed by atoms with E-state index in [0.717, 1.165) is 47.8 Å². The van der Waals surface area contributed by atoms with Crippen LogP contribution in [0.1, 0.15) is 217 Å². The molecule has 8 aromatic heterocycles. The predicted molar refractivity (Wildman–Crippen MR) is 379 cm³/mol. The maximum Gasteiger partial charge on any atom is 0.122 e. The highest BCUT2D eigenvalue weighted by Crippen LogP contribution is 2.53. The lowest BCUT2D eigenvalue weighted by atomic mass is 9.88. The molecule has 0 radical (unpaired) electrons. The van der Waals surface area contributed by atoms with Gasteiger partial charge < -0.3 is 0 Å². The van der Waals surface area contributed by atoms with Gasteiger partial charge in [-0.05, 0) is 157 Å². The number of aromatic nitrogens is 4. The zero-order valence-electron chi connectivity index (χ0n) is 50.6. The van der Waals surface area contributed by atoms with Gasteiger partial charge >= 0.3 is 0 Å². The van der Waals surface area contributed by atoms with Crippen LogP contribution >= 0.6 is 91.5 Å². The van der Waals surface area contributed by atoms with Gasteiger partial charge in [0.15, 0.2) is 0 Å². The summed E-state index contributed by atoms with van der Waals surface area (Å²) in [5, 5.41) is 3.43. The minimum absolute atomic E-state index is 0.382. The van der Waals surface area contributed by atoms with Crippen LogP contribution in [0.3, 0.4) is 0 Å². The van der Waals surface area contributed by atoms with E-state index in [1.807, 2.05) is 45.3 Å². The third-order valence-electron chi connectivity index (χ3n) is 17.9. The van der Waals surface area contributed by atoms with Crippen LogP contribution in [-0.2, 0) is 12.8 Å². The highest BCUT2D eigenvalue weighted by molar-refractivity contribution is 7.32. The molecule has 0 aliphatic carbocycles. The molecule has 83 heavy (non-hydrogen) atoms. The summed E-state index contributed by atoms with van der Waals surface area (Å²) in [5.74, 6) is 0.765. The van der Waals surface area contributed by atoms with Crippen molar-refractivity contribution in [3.05, 3.63) is 93.7 Å². The summed E-state index contributed by atoms with van der Waals surface area (Å²) in [6.07, 6.45) is 27.7. The highest BCUT2D eigenvalue weighted by atomic mass is 32.1. The molecule has 2 aromatic carbocycles. The number of rotatable bonds is 32. The molecule has 0 fully saturated rings. The summed E-state index contributed by atoms with van der Waals surface area (Å²) >= 11 is 14.8. The summed E-state index contributed by atoms with van der Waals surface area (Å²) in [6.45, 7) is 19.0. The molecule has 0 amide bonds. The fraction of sp³-hybridized carbons (Fsp3) is 0.486. The van der Waals surface area contributed by atoms with Crippen molar-refractivity contribution in [3.8, 4) is 71.0 Å². The summed E-state index contributed by atoms with van der Waals surface area (Å²) in [6, 6.07) is 32.2. The van der Waals surface area contributed by atoms with E-state index in [1.165, 1.54) is 233 Å². The molecule has 10 aromatic rings. The Balaban J connectivity index is 1.02. The predicted octanol–water partition coefficient (Wildman–Crippen LogP) is 24.8. The van der Waals surface area contributed by atoms with Crippen LogP contribution in [0.5, 0.6) is 0 Å². The van der Waals surface area contributed by atoms with Gasteiger partial charge in [0.25, 0.3) is 0 Å². The number of benzene rings is 2. The Morgan fingerprint density at radius 1 is 0.361 bits per heavy atom. The van der Waals surface area contributed by atoms with E-state index < -0.39 is 8.07 Å². The Hall–Kier alpha value is -3.50. The van der Waals surface area contributed by atoms with Crippen LogP contribution in [0, 0.1) is 0 Å². The standard InChI is InChI=1S/C70H86N4S8Si/c1-9-15-19-23-29-47-31-33-55(75-47)57-37-35-53(77-57)51-41-49(45(7)27-13-5)63(67-65(51)71-81-73-67)59-43-61-69(79-59)70-62(83(61,39-25-21-17-11-3)40-26-22-18-12-4)44-60(80-70)64-50(46(8)28-14-6)42-52(66-68(64)74-82-72-66)54-36-38-58(78-54)56-34-32-48(76-56)30-24-20-16-10-2/h31-38,41-46H,9-30,39-40H2,1-8H3. The molecule has 9 heterocycles. The molecular formula is C70H86N4S8Si. The average molecular weight is 1270 g/mol. The van der Waals surface area contributed by atoms with Crippen LogP contribution in [-0.4, -0.2) is 25.6 Å². The van der Waals surface area contributed by atoms with E-state index >= 15 is 0 Å². The first kappa shape index (κ1) is 61.2. The van der Waals surface area contributed by atoms with E-state index in [1.54, 1.807) is 20.1 Å². The molecule has 0 saturated heterocycles. The van der Waals surface area contributed by atoms with Gasteiger partial charge in [0, 0.05) is 80.8 Å². The van der Waals surface area contributed by atoms with Crippen LogP contribution in [0.4, 0.5) is 0 Å². The highest BCUT2D eigenvalue weighted by Gasteiger charge is 2.48. The molecule has 13 heteroatoms. The van der Waals surface area contributed by atoms with Crippen molar-refractivity contribution in [1.29, 1.82) is 0 Å². The molecule has 1 aliphatic rings. The van der Waals surface area contributed by atoms with Gasteiger partial charge in [-0.1, -0.05) is 158 Å². The second-order valence-corrected chi connectivity index (χ2v) is 35.9. The number of nitrogens with zero attached hydrogens (tertiary/aromatic N) is 4. The first-order valence-corrected chi connectivity index (χ1v) is 40.8. The first-order valence-electron chi connectivity index (χ1n) is 32.0. The third-order valence-corrected chi connectivity index (χ3v) is 31.9. The van der Waals surface area contributed by atoms with Crippen LogP contribution < -0.4 is 10.4 Å². The summed E-state index contributed by atoms with van der Waals surface area (Å²) in [7, 11) is -2.27. The molecule has 0 N–H and O–H groups in total. The molecule has 0 spiro atoms. The van der Waals surface area contributed by atoms with Gasteiger partial charge in [0.1, 0.15) is 30.1 Å². The van der Waals surface area contributed by atoms with Crippen LogP contribution in [0.25, 0.3) is 93.1 Å². The maximum atomic E-state index is 5.32. The smallest absolute Gasteiger partial charge is 0.122 e. The van der Waals surface area contributed by atoms with E-state index in [0.29, 0.717) is 11.8 Å². The van der Waals surface area contributed by atoms with Crippen molar-refractivity contribution in [2.45, 2.75) is 221 Å². The van der Waals surface area contributed by atoms with Crippen LogP contribution in [0.15, 0.2) is 72.8 Å². The van der Waals surface area contributed by atoms with Crippen molar-refractivity contribution in [3.63, 3.8) is 0 Å². The van der Waals surface area contributed by atoms with Crippen molar-refractivity contribution in [2.75, 3.05) is 0 Å².